The fraction of sp³-hybridized carbons (Fsp3) is 0.250. The predicted octanol–water partition coefficient (Wildman–Crippen LogP) is 4.45. The lowest BCUT2D eigenvalue weighted by Gasteiger charge is -2.28. The summed E-state index contributed by atoms with van der Waals surface area (Å²) < 4.78 is 11.6. The fourth-order valence-electron chi connectivity index (χ4n) is 2.75. The maximum atomic E-state index is 12.9. The third-order valence-electron chi connectivity index (χ3n) is 3.85. The van der Waals surface area contributed by atoms with E-state index >= 15 is 0 Å². The van der Waals surface area contributed by atoms with Gasteiger partial charge in [-0.3, -0.25) is 4.79 Å². The van der Waals surface area contributed by atoms with E-state index in [0.29, 0.717) is 30.8 Å². The Hall–Kier alpha value is -2.39. The van der Waals surface area contributed by atoms with Crippen LogP contribution in [0.2, 0.25) is 0 Å². The Labute approximate surface area is 136 Å². The first-order valence-electron chi connectivity index (χ1n) is 7.96. The van der Waals surface area contributed by atoms with Gasteiger partial charge in [-0.2, -0.15) is 0 Å². The first-order chi connectivity index (χ1) is 11.3. The van der Waals surface area contributed by atoms with Crippen molar-refractivity contribution < 1.29 is 14.3 Å². The number of hydrogen-bond donors (Lipinski definition) is 0. The minimum Gasteiger partial charge on any atom is -0.464 e. The van der Waals surface area contributed by atoms with Crippen LogP contribution in [0.3, 0.4) is 0 Å². The zero-order valence-corrected chi connectivity index (χ0v) is 13.2. The molecular formula is C20H20O3. The number of hydrogen-bond acceptors (Lipinski definition) is 3. The van der Waals surface area contributed by atoms with Crippen LogP contribution in [0.4, 0.5) is 0 Å². The molecule has 3 rings (SSSR count). The molecule has 0 bridgehead atoms. The highest BCUT2D eigenvalue weighted by Crippen LogP contribution is 2.33. The number of rotatable bonds is 5. The molecular weight excluding hydrogens is 288 g/mol. The van der Waals surface area contributed by atoms with Crippen LogP contribution in [0.15, 0.2) is 66.2 Å². The van der Waals surface area contributed by atoms with Gasteiger partial charge in [0.15, 0.2) is 12.1 Å². The number of ketones is 1. The lowest BCUT2D eigenvalue weighted by Crippen LogP contribution is -2.24. The minimum absolute atomic E-state index is 0.0272. The van der Waals surface area contributed by atoms with Gasteiger partial charge in [0, 0.05) is 29.7 Å². The zero-order chi connectivity index (χ0) is 16.1. The summed E-state index contributed by atoms with van der Waals surface area (Å²) in [5, 5.41) is 0. The van der Waals surface area contributed by atoms with Crippen LogP contribution in [-0.4, -0.2) is 18.7 Å². The third-order valence-corrected chi connectivity index (χ3v) is 3.85. The minimum atomic E-state index is -0.289. The number of benzene rings is 2. The predicted molar refractivity (Wildman–Crippen MR) is 89.9 cm³/mol. The fourth-order valence-corrected chi connectivity index (χ4v) is 2.75. The molecule has 23 heavy (non-hydrogen) atoms. The first kappa shape index (κ1) is 15.5. The van der Waals surface area contributed by atoms with Gasteiger partial charge < -0.3 is 9.47 Å². The molecule has 0 aliphatic carbocycles. The van der Waals surface area contributed by atoms with Gasteiger partial charge >= 0.3 is 0 Å². The number of carbonyl (C=O) groups is 1. The van der Waals surface area contributed by atoms with E-state index in [-0.39, 0.29) is 12.1 Å². The van der Waals surface area contributed by atoms with Gasteiger partial charge in [0.1, 0.15) is 5.76 Å². The van der Waals surface area contributed by atoms with Crippen molar-refractivity contribution in [1.82, 2.24) is 0 Å². The van der Waals surface area contributed by atoms with Gasteiger partial charge in [0.05, 0.1) is 0 Å². The van der Waals surface area contributed by atoms with Crippen molar-refractivity contribution in [2.75, 3.05) is 6.61 Å². The Bertz CT molecular complexity index is 689. The topological polar surface area (TPSA) is 35.5 Å². The largest absolute Gasteiger partial charge is 0.464 e. The van der Waals surface area contributed by atoms with Crippen LogP contribution in [0.25, 0.3) is 5.76 Å². The molecule has 0 fully saturated rings. The molecule has 0 radical (unpaired) electrons. The average Bonchev–Trinajstić information content (AvgIpc) is 2.63. The molecule has 1 aliphatic heterocycles. The third kappa shape index (κ3) is 3.51. The van der Waals surface area contributed by atoms with Crippen molar-refractivity contribution in [1.29, 1.82) is 0 Å². The van der Waals surface area contributed by atoms with Gasteiger partial charge in [-0.15, -0.1) is 0 Å². The molecule has 1 aliphatic rings. The van der Waals surface area contributed by atoms with Gasteiger partial charge in [-0.05, 0) is 13.3 Å². The van der Waals surface area contributed by atoms with Crippen molar-refractivity contribution in [3.8, 4) is 0 Å². The van der Waals surface area contributed by atoms with Crippen molar-refractivity contribution >= 4 is 11.5 Å². The van der Waals surface area contributed by atoms with E-state index in [4.69, 9.17) is 9.47 Å². The molecule has 0 aromatic heterocycles. The van der Waals surface area contributed by atoms with Gasteiger partial charge in [0.2, 0.25) is 0 Å². The lowest BCUT2D eigenvalue weighted by atomic mass is 9.94. The number of ether oxygens (including phenoxy) is 2. The summed E-state index contributed by atoms with van der Waals surface area (Å²) in [6.45, 7) is 2.54. The normalized spacial score (nSPS) is 17.7. The smallest absolute Gasteiger partial charge is 0.200 e. The summed E-state index contributed by atoms with van der Waals surface area (Å²) in [6, 6.07) is 19.1. The second-order valence-electron chi connectivity index (χ2n) is 5.41. The van der Waals surface area contributed by atoms with Crippen LogP contribution in [0.1, 0.15) is 35.7 Å². The van der Waals surface area contributed by atoms with Crippen molar-refractivity contribution in [3.63, 3.8) is 0 Å². The summed E-state index contributed by atoms with van der Waals surface area (Å²) in [7, 11) is 0. The first-order valence-corrected chi connectivity index (χ1v) is 7.96. The van der Waals surface area contributed by atoms with E-state index in [1.165, 1.54) is 0 Å². The molecule has 2 aromatic rings. The molecule has 0 saturated carbocycles. The highest BCUT2D eigenvalue weighted by atomic mass is 16.7. The molecule has 0 amide bonds. The molecule has 118 valence electrons. The van der Waals surface area contributed by atoms with E-state index < -0.39 is 0 Å². The van der Waals surface area contributed by atoms with Gasteiger partial charge in [-0.25, -0.2) is 0 Å². The molecule has 1 unspecified atom stereocenters. The summed E-state index contributed by atoms with van der Waals surface area (Å²) >= 11 is 0. The molecule has 2 aromatic carbocycles. The van der Waals surface area contributed by atoms with E-state index in [1.54, 1.807) is 0 Å². The summed E-state index contributed by atoms with van der Waals surface area (Å²) in [5.41, 5.74) is 2.32. The van der Waals surface area contributed by atoms with Crippen LogP contribution in [0.5, 0.6) is 0 Å². The van der Waals surface area contributed by atoms with Crippen molar-refractivity contribution in [2.45, 2.75) is 26.1 Å². The molecule has 1 atom stereocenters. The molecule has 3 heteroatoms. The van der Waals surface area contributed by atoms with Crippen LogP contribution in [0, 0.1) is 0 Å². The second kappa shape index (κ2) is 7.25. The molecule has 0 N–H and O–H groups in total. The monoisotopic (exact) mass is 308 g/mol. The highest BCUT2D eigenvalue weighted by Gasteiger charge is 2.28. The quantitative estimate of drug-likeness (QED) is 0.765. The van der Waals surface area contributed by atoms with Gasteiger partial charge in [-0.1, -0.05) is 60.7 Å². The van der Waals surface area contributed by atoms with E-state index in [0.717, 1.165) is 11.1 Å². The van der Waals surface area contributed by atoms with Crippen molar-refractivity contribution in [3.05, 3.63) is 77.4 Å². The summed E-state index contributed by atoms with van der Waals surface area (Å²) in [6.07, 6.45) is 1.06. The molecule has 1 heterocycles. The Morgan fingerprint density at radius 2 is 1.74 bits per heavy atom. The van der Waals surface area contributed by atoms with E-state index in [9.17, 15) is 4.79 Å². The number of Topliss-reactive ketones (excluding diaryl/α,β-unsaturated/α-hetero) is 1. The maximum Gasteiger partial charge on any atom is 0.200 e. The Morgan fingerprint density at radius 3 is 2.39 bits per heavy atom. The molecule has 3 nitrogen and oxygen atoms in total. The zero-order valence-electron chi connectivity index (χ0n) is 13.2. The number of carbonyl (C=O) groups excluding carboxylic acids is 1. The lowest BCUT2D eigenvalue weighted by molar-refractivity contribution is -0.102. The summed E-state index contributed by atoms with van der Waals surface area (Å²) in [5.74, 6) is 0.670. The number of allylic oxidation sites excluding steroid dienone is 1. The SMILES string of the molecule is CCOC1CCC(C(=O)c2ccccc2)=C(c2ccccc2)O1. The van der Waals surface area contributed by atoms with Crippen molar-refractivity contribution in [2.24, 2.45) is 0 Å². The van der Waals surface area contributed by atoms with Gasteiger partial charge in [0.25, 0.3) is 0 Å². The van der Waals surface area contributed by atoms with E-state index in [1.807, 2.05) is 67.6 Å². The average molecular weight is 308 g/mol. The summed E-state index contributed by atoms with van der Waals surface area (Å²) in [4.78, 5) is 12.9. The maximum absolute atomic E-state index is 12.9. The van der Waals surface area contributed by atoms with Crippen LogP contribution >= 0.6 is 0 Å². The Kier molecular flexibility index (Phi) is 4.89. The van der Waals surface area contributed by atoms with E-state index in [2.05, 4.69) is 0 Å². The second-order valence-corrected chi connectivity index (χ2v) is 5.41. The Morgan fingerprint density at radius 1 is 1.09 bits per heavy atom. The Balaban J connectivity index is 2.00. The van der Waals surface area contributed by atoms with Crippen LogP contribution in [-0.2, 0) is 9.47 Å². The molecule has 0 saturated heterocycles. The molecule has 0 spiro atoms. The van der Waals surface area contributed by atoms with Crippen LogP contribution < -0.4 is 0 Å². The standard InChI is InChI=1S/C20H20O3/c1-2-22-18-14-13-17(19(21)15-9-5-3-6-10-15)20(23-18)16-11-7-4-8-12-16/h3-12,18H,2,13-14H2,1H3. The highest BCUT2D eigenvalue weighted by molar-refractivity contribution is 6.12.